The second-order valence-corrected chi connectivity index (χ2v) is 6.00. The molecular weight excluding hydrogens is 359 g/mol. The highest BCUT2D eigenvalue weighted by molar-refractivity contribution is 5.69. The van der Waals surface area contributed by atoms with Crippen molar-refractivity contribution in [3.05, 3.63) is 29.1 Å². The highest BCUT2D eigenvalue weighted by Gasteiger charge is 2.27. The van der Waals surface area contributed by atoms with Gasteiger partial charge in [-0.1, -0.05) is 32.6 Å². The Kier molecular flexibility index (Phi) is 9.37. The van der Waals surface area contributed by atoms with Crippen LogP contribution in [-0.4, -0.2) is 18.7 Å². The van der Waals surface area contributed by atoms with Crippen molar-refractivity contribution in [2.24, 2.45) is 0 Å². The molecule has 0 amide bonds. The first-order chi connectivity index (χ1) is 12.3. The van der Waals surface area contributed by atoms with Gasteiger partial charge in [-0.15, -0.1) is 0 Å². The molecule has 0 radical (unpaired) electrons. The van der Waals surface area contributed by atoms with Crippen LogP contribution in [0.5, 0.6) is 5.75 Å². The number of hydrogen-bond donors (Lipinski definition) is 0. The quantitative estimate of drug-likeness (QED) is 0.168. The minimum absolute atomic E-state index is 0.0427. The zero-order valence-electron chi connectivity index (χ0n) is 14.8. The van der Waals surface area contributed by atoms with Crippen LogP contribution in [0.2, 0.25) is 0 Å². The number of carbonyl (C=O) groups excluding carboxylic acids is 1. The Morgan fingerprint density at radius 3 is 2.00 bits per heavy atom. The van der Waals surface area contributed by atoms with E-state index in [0.29, 0.717) is 6.42 Å². The predicted octanol–water partition coefficient (Wildman–Crippen LogP) is 5.44. The van der Waals surface area contributed by atoms with E-state index in [9.17, 15) is 26.7 Å². The Balaban J connectivity index is 2.40. The molecule has 0 aliphatic carbocycles. The van der Waals surface area contributed by atoms with Crippen molar-refractivity contribution in [2.45, 2.75) is 64.9 Å². The topological polar surface area (TPSA) is 35.5 Å². The Hall–Kier alpha value is -1.86. The summed E-state index contributed by atoms with van der Waals surface area (Å²) in [6.45, 7) is 3.27. The molecule has 26 heavy (non-hydrogen) atoms. The molecule has 0 aliphatic rings. The van der Waals surface area contributed by atoms with Gasteiger partial charge in [0.05, 0.1) is 6.61 Å². The second-order valence-electron chi connectivity index (χ2n) is 6.00. The lowest BCUT2D eigenvalue weighted by Gasteiger charge is -2.15. The van der Waals surface area contributed by atoms with Crippen molar-refractivity contribution in [2.75, 3.05) is 6.61 Å². The third-order valence-electron chi connectivity index (χ3n) is 3.76. The van der Waals surface area contributed by atoms with Gasteiger partial charge in [0.2, 0.25) is 29.1 Å². The average Bonchev–Trinajstić information content (AvgIpc) is 2.61. The van der Waals surface area contributed by atoms with Crippen molar-refractivity contribution < 1.29 is 36.2 Å². The van der Waals surface area contributed by atoms with Crippen LogP contribution >= 0.6 is 0 Å². The van der Waals surface area contributed by atoms with Gasteiger partial charge in [-0.25, -0.2) is 13.2 Å². The van der Waals surface area contributed by atoms with Crippen molar-refractivity contribution >= 4 is 5.97 Å². The van der Waals surface area contributed by atoms with Gasteiger partial charge in [0.25, 0.3) is 0 Å². The fourth-order valence-electron chi connectivity index (χ4n) is 2.25. The molecule has 8 heteroatoms. The second kappa shape index (κ2) is 11.0. The molecule has 1 aromatic carbocycles. The molecule has 1 aromatic rings. The van der Waals surface area contributed by atoms with E-state index in [2.05, 4.69) is 11.7 Å². The molecule has 0 heterocycles. The Morgan fingerprint density at radius 2 is 1.42 bits per heavy atom. The minimum atomic E-state index is -2.24. The van der Waals surface area contributed by atoms with Gasteiger partial charge in [-0.3, -0.25) is 4.79 Å². The van der Waals surface area contributed by atoms with Crippen LogP contribution in [0, 0.1) is 29.1 Å². The van der Waals surface area contributed by atoms with Gasteiger partial charge >= 0.3 is 5.97 Å². The number of carbonyl (C=O) groups is 1. The maximum atomic E-state index is 13.4. The lowest BCUT2D eigenvalue weighted by Crippen LogP contribution is -2.18. The molecule has 0 N–H and O–H groups in total. The van der Waals surface area contributed by atoms with Crippen molar-refractivity contribution in [1.82, 2.24) is 0 Å². The number of esters is 1. The molecule has 3 nitrogen and oxygen atoms in total. The van der Waals surface area contributed by atoms with E-state index < -0.39 is 46.9 Å². The number of unbranched alkanes of at least 4 members (excludes halogenated alkanes) is 4. The van der Waals surface area contributed by atoms with E-state index in [1.165, 1.54) is 0 Å². The van der Waals surface area contributed by atoms with E-state index in [1.54, 1.807) is 6.92 Å². The summed E-state index contributed by atoms with van der Waals surface area (Å²) in [6.07, 6.45) is 4.61. The smallest absolute Gasteiger partial charge is 0.306 e. The molecule has 0 saturated heterocycles. The summed E-state index contributed by atoms with van der Waals surface area (Å²) in [5, 5.41) is 0. The van der Waals surface area contributed by atoms with E-state index in [4.69, 9.17) is 4.74 Å². The molecule has 0 aromatic heterocycles. The summed E-state index contributed by atoms with van der Waals surface area (Å²) < 4.78 is 75.7. The molecular formula is C18H23F5O3. The van der Waals surface area contributed by atoms with E-state index in [0.717, 1.165) is 25.7 Å². The number of benzene rings is 1. The molecule has 0 spiro atoms. The zero-order valence-corrected chi connectivity index (χ0v) is 14.8. The number of halogens is 5. The predicted molar refractivity (Wildman–Crippen MR) is 85.3 cm³/mol. The van der Waals surface area contributed by atoms with Gasteiger partial charge in [0, 0.05) is 12.8 Å². The Labute approximate surface area is 149 Å². The van der Waals surface area contributed by atoms with Gasteiger partial charge in [0.1, 0.15) is 6.10 Å². The molecule has 0 fully saturated rings. The zero-order chi connectivity index (χ0) is 19.7. The molecule has 0 saturated carbocycles. The normalized spacial score (nSPS) is 12.1. The summed E-state index contributed by atoms with van der Waals surface area (Å²) in [5.74, 6) is -12.2. The fraction of sp³-hybridized carbons (Fsp3) is 0.611. The molecule has 1 unspecified atom stereocenters. The van der Waals surface area contributed by atoms with Crippen LogP contribution in [0.25, 0.3) is 0 Å². The summed E-state index contributed by atoms with van der Waals surface area (Å²) in [5.41, 5.74) is 0. The van der Waals surface area contributed by atoms with Crippen molar-refractivity contribution in [3.8, 4) is 5.75 Å². The van der Waals surface area contributed by atoms with Gasteiger partial charge in [-0.2, -0.15) is 8.78 Å². The van der Waals surface area contributed by atoms with Gasteiger partial charge in [0.15, 0.2) is 5.75 Å². The molecule has 148 valence electrons. The summed E-state index contributed by atoms with van der Waals surface area (Å²) in [4.78, 5) is 11.6. The minimum Gasteiger partial charge on any atom is -0.487 e. The maximum absolute atomic E-state index is 13.4. The first-order valence-electron chi connectivity index (χ1n) is 8.63. The Bertz CT molecular complexity index is 578. The van der Waals surface area contributed by atoms with Crippen LogP contribution in [0.4, 0.5) is 22.0 Å². The molecule has 1 atom stereocenters. The number of rotatable bonds is 11. The Morgan fingerprint density at radius 1 is 0.885 bits per heavy atom. The highest BCUT2D eigenvalue weighted by Crippen LogP contribution is 2.29. The van der Waals surface area contributed by atoms with Gasteiger partial charge < -0.3 is 9.47 Å². The number of ether oxygens (including phenoxy) is 2. The van der Waals surface area contributed by atoms with Crippen LogP contribution in [0.15, 0.2) is 0 Å². The van der Waals surface area contributed by atoms with Crippen LogP contribution < -0.4 is 4.74 Å². The van der Waals surface area contributed by atoms with Crippen LogP contribution in [0.3, 0.4) is 0 Å². The third-order valence-corrected chi connectivity index (χ3v) is 3.76. The number of hydrogen-bond acceptors (Lipinski definition) is 3. The highest BCUT2D eigenvalue weighted by atomic mass is 19.2. The summed E-state index contributed by atoms with van der Waals surface area (Å²) in [7, 11) is 0. The van der Waals surface area contributed by atoms with Crippen LogP contribution in [-0.2, 0) is 9.53 Å². The fourth-order valence-corrected chi connectivity index (χ4v) is 2.25. The lowest BCUT2D eigenvalue weighted by atomic mass is 10.1. The van der Waals surface area contributed by atoms with E-state index in [-0.39, 0.29) is 19.4 Å². The SMILES string of the molecule is CCCCCCCC(=O)OC(C)CCOc1c(F)c(F)c(F)c(F)c1F. The molecule has 0 bridgehead atoms. The molecule has 0 aliphatic heterocycles. The largest absolute Gasteiger partial charge is 0.487 e. The van der Waals surface area contributed by atoms with Crippen molar-refractivity contribution in [3.63, 3.8) is 0 Å². The van der Waals surface area contributed by atoms with E-state index >= 15 is 0 Å². The first kappa shape index (κ1) is 22.2. The van der Waals surface area contributed by atoms with Gasteiger partial charge in [-0.05, 0) is 13.3 Å². The standard InChI is InChI=1S/C18H23F5O3/c1-3-4-5-6-7-8-12(24)26-11(2)9-10-25-18-16(22)14(20)13(19)15(21)17(18)23/h11H,3-10H2,1-2H3. The third kappa shape index (κ3) is 6.46. The van der Waals surface area contributed by atoms with E-state index in [1.807, 2.05) is 0 Å². The monoisotopic (exact) mass is 382 g/mol. The first-order valence-corrected chi connectivity index (χ1v) is 8.63. The van der Waals surface area contributed by atoms with Crippen LogP contribution in [0.1, 0.15) is 58.8 Å². The van der Waals surface area contributed by atoms with Crippen molar-refractivity contribution in [1.29, 1.82) is 0 Å². The lowest BCUT2D eigenvalue weighted by molar-refractivity contribution is -0.148. The maximum Gasteiger partial charge on any atom is 0.306 e. The average molecular weight is 382 g/mol. The molecule has 1 rings (SSSR count). The summed E-state index contributed by atoms with van der Waals surface area (Å²) in [6, 6.07) is 0. The summed E-state index contributed by atoms with van der Waals surface area (Å²) >= 11 is 0.